The quantitative estimate of drug-likeness (QED) is 0.0328. The van der Waals surface area contributed by atoms with Gasteiger partial charge in [-0.25, -0.2) is 0 Å². The van der Waals surface area contributed by atoms with E-state index in [4.69, 9.17) is 18.9 Å². The summed E-state index contributed by atoms with van der Waals surface area (Å²) in [6.45, 7) is 7.12. The average molecular weight is 763 g/mol. The second kappa shape index (κ2) is 32.9. The number of hydrogen-bond donors (Lipinski definition) is 1. The lowest BCUT2D eigenvalue weighted by Crippen LogP contribution is -2.24. The Morgan fingerprint density at radius 2 is 1.02 bits per heavy atom. The van der Waals surface area contributed by atoms with Crippen LogP contribution in [0.2, 0.25) is 0 Å². The molecule has 0 saturated heterocycles. The third-order valence-electron chi connectivity index (χ3n) is 9.69. The molecule has 0 fully saturated rings. The van der Waals surface area contributed by atoms with Gasteiger partial charge in [-0.15, -0.1) is 0 Å². The molecule has 2 aromatic carbocycles. The Morgan fingerprint density at radius 3 is 1.53 bits per heavy atom. The van der Waals surface area contributed by atoms with E-state index in [1.807, 2.05) is 0 Å². The van der Waals surface area contributed by atoms with Crippen molar-refractivity contribution in [1.29, 1.82) is 0 Å². The summed E-state index contributed by atoms with van der Waals surface area (Å²) in [5.41, 5.74) is 4.73. The molecule has 308 valence electrons. The lowest BCUT2D eigenvalue weighted by atomic mass is 10.1. The zero-order valence-electron chi connectivity index (χ0n) is 34.7. The molecule has 0 amide bonds. The highest BCUT2D eigenvalue weighted by atomic mass is 16.7. The number of rotatable bonds is 34. The van der Waals surface area contributed by atoms with Crippen molar-refractivity contribution in [2.75, 3.05) is 19.8 Å². The number of carbonyl (C=O) groups is 2. The Morgan fingerprint density at radius 1 is 0.564 bits per heavy atom. The summed E-state index contributed by atoms with van der Waals surface area (Å²) in [5, 5.41) is 9.83. The van der Waals surface area contributed by atoms with Crippen LogP contribution in [0.3, 0.4) is 0 Å². The highest BCUT2D eigenvalue weighted by Gasteiger charge is 2.17. The topological polar surface area (TPSA) is 91.3 Å². The smallest absolute Gasteiger partial charge is 0.305 e. The molecule has 0 spiro atoms. The van der Waals surface area contributed by atoms with E-state index in [0.717, 1.165) is 62.5 Å². The number of allylic oxidation sites excluding steroid dienone is 4. The maximum absolute atomic E-state index is 12.7. The number of unbranched alkanes of at least 4 members (excludes halogenated alkanes) is 10. The van der Waals surface area contributed by atoms with Crippen LogP contribution in [0, 0.1) is 5.92 Å². The van der Waals surface area contributed by atoms with Crippen molar-refractivity contribution in [2.24, 2.45) is 5.92 Å². The lowest BCUT2D eigenvalue weighted by molar-refractivity contribution is -0.168. The minimum absolute atomic E-state index is 0.0200. The second-order valence-electron chi connectivity index (χ2n) is 14.8. The molecular weight excluding hydrogens is 689 g/mol. The summed E-state index contributed by atoms with van der Waals surface area (Å²) in [5.74, 6) is -1.16. The van der Waals surface area contributed by atoms with Gasteiger partial charge in [-0.05, 0) is 86.5 Å². The molecule has 0 radical (unpaired) electrons. The highest BCUT2D eigenvalue weighted by Crippen LogP contribution is 2.16. The van der Waals surface area contributed by atoms with Gasteiger partial charge in [-0.3, -0.25) is 9.59 Å². The van der Waals surface area contributed by atoms with E-state index >= 15 is 0 Å². The van der Waals surface area contributed by atoms with Crippen molar-refractivity contribution in [1.82, 2.24) is 0 Å². The zero-order chi connectivity index (χ0) is 39.6. The summed E-state index contributed by atoms with van der Waals surface area (Å²) in [6.07, 6.45) is 28.4. The van der Waals surface area contributed by atoms with E-state index in [0.29, 0.717) is 26.1 Å². The van der Waals surface area contributed by atoms with Gasteiger partial charge in [-0.1, -0.05) is 139 Å². The third-order valence-corrected chi connectivity index (χ3v) is 9.69. The Hall–Kier alpha value is -3.26. The molecule has 1 atom stereocenters. The van der Waals surface area contributed by atoms with Gasteiger partial charge in [-0.2, -0.15) is 0 Å². The van der Waals surface area contributed by atoms with Crippen molar-refractivity contribution in [2.45, 2.75) is 169 Å². The van der Waals surface area contributed by atoms with Gasteiger partial charge in [0.05, 0.1) is 45.4 Å². The number of benzene rings is 2. The van der Waals surface area contributed by atoms with Gasteiger partial charge in [0, 0.05) is 12.8 Å². The molecule has 0 aliphatic rings. The molecule has 0 heterocycles. The minimum Gasteiger partial charge on any atom is -0.465 e. The summed E-state index contributed by atoms with van der Waals surface area (Å²) in [7, 11) is 0. The molecular formula is C48H74O7. The first kappa shape index (κ1) is 47.9. The fourth-order valence-corrected chi connectivity index (χ4v) is 6.00. The van der Waals surface area contributed by atoms with Crippen LogP contribution in [0.25, 0.3) is 0 Å². The normalized spacial score (nSPS) is 12.2. The Bertz CT molecular complexity index is 1230. The van der Waals surface area contributed by atoms with Gasteiger partial charge < -0.3 is 24.1 Å². The molecule has 7 heteroatoms. The van der Waals surface area contributed by atoms with Crippen LogP contribution in [0.4, 0.5) is 0 Å². The second-order valence-corrected chi connectivity index (χ2v) is 14.8. The van der Waals surface area contributed by atoms with E-state index in [1.54, 1.807) is 0 Å². The van der Waals surface area contributed by atoms with Gasteiger partial charge in [0.1, 0.15) is 0 Å². The number of esters is 2. The molecule has 1 N–H and O–H groups in total. The monoisotopic (exact) mass is 763 g/mol. The molecule has 0 bridgehead atoms. The van der Waals surface area contributed by atoms with Crippen LogP contribution in [-0.2, 0) is 54.6 Å². The van der Waals surface area contributed by atoms with Gasteiger partial charge in [0.25, 0.3) is 0 Å². The maximum atomic E-state index is 12.7. The summed E-state index contributed by atoms with van der Waals surface area (Å²) < 4.78 is 23.2. The van der Waals surface area contributed by atoms with E-state index in [2.05, 4.69) is 93.6 Å². The van der Waals surface area contributed by atoms with Gasteiger partial charge in [0.2, 0.25) is 0 Å². The molecule has 0 aliphatic heterocycles. The van der Waals surface area contributed by atoms with Crippen molar-refractivity contribution >= 4 is 11.9 Å². The molecule has 0 saturated carbocycles. The summed E-state index contributed by atoms with van der Waals surface area (Å²) >= 11 is 0. The summed E-state index contributed by atoms with van der Waals surface area (Å²) in [4.78, 5) is 25.0. The maximum Gasteiger partial charge on any atom is 0.305 e. The molecule has 0 aromatic heterocycles. The predicted octanol–water partition coefficient (Wildman–Crippen LogP) is 11.7. The molecule has 1 unspecified atom stereocenters. The first-order valence-corrected chi connectivity index (χ1v) is 21.6. The van der Waals surface area contributed by atoms with Crippen molar-refractivity contribution in [3.63, 3.8) is 0 Å². The molecule has 55 heavy (non-hydrogen) atoms. The van der Waals surface area contributed by atoms with Crippen molar-refractivity contribution < 1.29 is 33.6 Å². The van der Waals surface area contributed by atoms with E-state index in [1.165, 1.54) is 68.9 Å². The fraction of sp³-hybridized carbons (Fsp3) is 0.625. The number of carbonyl (C=O) groups excluding carboxylic acids is 2. The Labute approximate surface area is 334 Å². The summed E-state index contributed by atoms with van der Waals surface area (Å²) in [6, 6.07) is 16.9. The predicted molar refractivity (Wildman–Crippen MR) is 225 cm³/mol. The number of ether oxygens (including phenoxy) is 4. The number of hydrogen-bond acceptors (Lipinski definition) is 7. The standard InChI is InChI=1S/C48H74O7/c1-4-7-10-11-12-13-14-15-16-17-18-19-20-21-22-25-46(50)52-39-45(36-49)40-53-47(51)34-35-48(54-37-43-30-26-41(27-31-43)23-8-5-2)55-38-44-32-28-42(29-33-44)24-9-6-3/h12-13,15-16,26-33,45,48-49H,4-11,14,17-25,34-40H2,1-3H3/b13-12-,16-15-. The molecule has 2 rings (SSSR count). The first-order chi connectivity index (χ1) is 27.0. The van der Waals surface area contributed by atoms with E-state index in [-0.39, 0.29) is 32.2 Å². The van der Waals surface area contributed by atoms with Crippen LogP contribution in [-0.4, -0.2) is 43.2 Å². The first-order valence-electron chi connectivity index (χ1n) is 21.6. The van der Waals surface area contributed by atoms with Crippen LogP contribution >= 0.6 is 0 Å². The number of aryl methyl sites for hydroxylation is 2. The van der Waals surface area contributed by atoms with E-state index < -0.39 is 18.2 Å². The van der Waals surface area contributed by atoms with Crippen LogP contribution < -0.4 is 0 Å². The van der Waals surface area contributed by atoms with Gasteiger partial charge >= 0.3 is 11.9 Å². The largest absolute Gasteiger partial charge is 0.465 e. The Kier molecular flexibility index (Phi) is 28.7. The molecule has 7 nitrogen and oxygen atoms in total. The molecule has 2 aromatic rings. The average Bonchev–Trinajstić information content (AvgIpc) is 3.21. The highest BCUT2D eigenvalue weighted by molar-refractivity contribution is 5.69. The number of aliphatic hydroxyl groups is 1. The SMILES string of the molecule is CCCCC/C=C\C/C=C\CCCCCCCC(=O)OCC(CO)COC(=O)CCC(OCc1ccc(CCCC)cc1)OCc1ccc(CCCC)cc1. The fourth-order valence-electron chi connectivity index (χ4n) is 6.00. The van der Waals surface area contributed by atoms with Crippen LogP contribution in [0.15, 0.2) is 72.8 Å². The van der Waals surface area contributed by atoms with Gasteiger partial charge in [0.15, 0.2) is 6.29 Å². The zero-order valence-corrected chi connectivity index (χ0v) is 34.7. The van der Waals surface area contributed by atoms with Crippen molar-refractivity contribution in [3.05, 3.63) is 95.1 Å². The van der Waals surface area contributed by atoms with E-state index in [9.17, 15) is 14.7 Å². The molecule has 0 aliphatic carbocycles. The number of aliphatic hydroxyl groups excluding tert-OH is 1. The van der Waals surface area contributed by atoms with Crippen LogP contribution in [0.1, 0.15) is 159 Å². The minimum atomic E-state index is -0.601. The lowest BCUT2D eigenvalue weighted by Gasteiger charge is -2.19. The van der Waals surface area contributed by atoms with Crippen LogP contribution in [0.5, 0.6) is 0 Å². The van der Waals surface area contributed by atoms with Crippen molar-refractivity contribution in [3.8, 4) is 0 Å². The Balaban J connectivity index is 1.67. The third kappa shape index (κ3) is 25.5.